The van der Waals surface area contributed by atoms with Gasteiger partial charge in [-0.1, -0.05) is 19.3 Å². The average molecular weight is 440 g/mol. The lowest BCUT2D eigenvalue weighted by Crippen LogP contribution is -2.51. The van der Waals surface area contributed by atoms with Gasteiger partial charge in [0.2, 0.25) is 0 Å². The van der Waals surface area contributed by atoms with Crippen LogP contribution in [0.15, 0.2) is 42.6 Å². The van der Waals surface area contributed by atoms with E-state index >= 15 is 0 Å². The fraction of sp³-hybridized carbons (Fsp3) is 0.348. The first-order valence-corrected chi connectivity index (χ1v) is 9.94. The van der Waals surface area contributed by atoms with Crippen LogP contribution in [0.3, 0.4) is 0 Å². The SMILES string of the molecule is C.C[C@@H](O)[C@H](NC(=O)c1ccc(C#Cc2ccc(N3CCNCC3)nc2)cc1)C(=O)NO. The molecule has 1 aromatic carbocycles. The van der Waals surface area contributed by atoms with Gasteiger partial charge >= 0.3 is 0 Å². The zero-order valence-corrected chi connectivity index (χ0v) is 17.1. The van der Waals surface area contributed by atoms with E-state index in [1.54, 1.807) is 30.5 Å². The number of benzene rings is 1. The van der Waals surface area contributed by atoms with Crippen molar-refractivity contribution in [2.75, 3.05) is 31.1 Å². The Morgan fingerprint density at radius 2 is 1.72 bits per heavy atom. The van der Waals surface area contributed by atoms with Gasteiger partial charge in [0.25, 0.3) is 11.8 Å². The highest BCUT2D eigenvalue weighted by Gasteiger charge is 2.25. The summed E-state index contributed by atoms with van der Waals surface area (Å²) < 4.78 is 0. The topological polar surface area (TPSA) is 127 Å². The number of nitrogens with one attached hydrogen (secondary N) is 3. The molecule has 32 heavy (non-hydrogen) atoms. The molecule has 1 fully saturated rings. The van der Waals surface area contributed by atoms with Gasteiger partial charge in [-0.25, -0.2) is 10.5 Å². The van der Waals surface area contributed by atoms with E-state index in [9.17, 15) is 14.7 Å². The normalized spacial score (nSPS) is 14.8. The fourth-order valence-electron chi connectivity index (χ4n) is 3.09. The highest BCUT2D eigenvalue weighted by Crippen LogP contribution is 2.12. The Morgan fingerprint density at radius 1 is 1.09 bits per heavy atom. The second-order valence-corrected chi connectivity index (χ2v) is 7.14. The molecule has 3 rings (SSSR count). The Kier molecular flexibility index (Phi) is 9.16. The van der Waals surface area contributed by atoms with Crippen molar-refractivity contribution in [1.29, 1.82) is 0 Å². The second kappa shape index (κ2) is 11.8. The van der Waals surface area contributed by atoms with Gasteiger partial charge in [0.15, 0.2) is 0 Å². The predicted octanol–water partition coefficient (Wildman–Crippen LogP) is 0.512. The number of amides is 2. The molecule has 9 nitrogen and oxygen atoms in total. The summed E-state index contributed by atoms with van der Waals surface area (Å²) in [5.41, 5.74) is 3.22. The number of hydrogen-bond donors (Lipinski definition) is 5. The van der Waals surface area contributed by atoms with Crippen molar-refractivity contribution >= 4 is 17.6 Å². The Balaban J connectivity index is 0.00000363. The molecule has 1 aliphatic rings. The van der Waals surface area contributed by atoms with Gasteiger partial charge in [0.05, 0.1) is 6.10 Å². The van der Waals surface area contributed by atoms with Crippen molar-refractivity contribution < 1.29 is 19.9 Å². The summed E-state index contributed by atoms with van der Waals surface area (Å²) in [5.74, 6) is 5.57. The molecule has 0 unspecified atom stereocenters. The molecule has 2 heterocycles. The number of carbonyl (C=O) groups excluding carboxylic acids is 2. The van der Waals surface area contributed by atoms with Crippen molar-refractivity contribution in [3.05, 3.63) is 59.3 Å². The molecule has 2 aromatic rings. The summed E-state index contributed by atoms with van der Waals surface area (Å²) in [7, 11) is 0. The van der Waals surface area contributed by atoms with E-state index in [1.807, 2.05) is 12.1 Å². The summed E-state index contributed by atoms with van der Waals surface area (Å²) in [4.78, 5) is 30.6. The molecule has 1 saturated heterocycles. The Morgan fingerprint density at radius 3 is 2.28 bits per heavy atom. The molecule has 1 aliphatic heterocycles. The van der Waals surface area contributed by atoms with Crippen molar-refractivity contribution in [3.63, 3.8) is 0 Å². The number of nitrogens with zero attached hydrogens (tertiary/aromatic N) is 2. The van der Waals surface area contributed by atoms with Gasteiger partial charge in [0.1, 0.15) is 11.9 Å². The number of rotatable bonds is 5. The van der Waals surface area contributed by atoms with Crippen LogP contribution >= 0.6 is 0 Å². The maximum Gasteiger partial charge on any atom is 0.268 e. The van der Waals surface area contributed by atoms with Crippen LogP contribution in [0.4, 0.5) is 5.82 Å². The van der Waals surface area contributed by atoms with Crippen LogP contribution in [0.5, 0.6) is 0 Å². The Bertz CT molecular complexity index is 959. The molecule has 5 N–H and O–H groups in total. The van der Waals surface area contributed by atoms with Crippen molar-refractivity contribution in [2.24, 2.45) is 0 Å². The third-order valence-corrected chi connectivity index (χ3v) is 4.85. The van der Waals surface area contributed by atoms with E-state index in [2.05, 4.69) is 32.4 Å². The number of hydrogen-bond acceptors (Lipinski definition) is 7. The van der Waals surface area contributed by atoms with Gasteiger partial charge in [-0.3, -0.25) is 14.8 Å². The Hall–Kier alpha value is -3.45. The smallest absolute Gasteiger partial charge is 0.268 e. The second-order valence-electron chi connectivity index (χ2n) is 7.14. The highest BCUT2D eigenvalue weighted by molar-refractivity contribution is 5.97. The minimum Gasteiger partial charge on any atom is -0.391 e. The van der Waals surface area contributed by atoms with Crippen LogP contribution in [0.1, 0.15) is 35.8 Å². The highest BCUT2D eigenvalue weighted by atomic mass is 16.5. The molecule has 1 aromatic heterocycles. The lowest BCUT2D eigenvalue weighted by Gasteiger charge is -2.28. The molecule has 0 spiro atoms. The van der Waals surface area contributed by atoms with E-state index in [4.69, 9.17) is 5.21 Å². The first kappa shape index (κ1) is 24.8. The number of aliphatic hydroxyl groups excluding tert-OH is 1. The number of anilines is 1. The molecule has 170 valence electrons. The van der Waals surface area contributed by atoms with Crippen molar-refractivity contribution in [1.82, 2.24) is 21.1 Å². The first-order valence-electron chi connectivity index (χ1n) is 9.94. The number of hydroxylamine groups is 1. The molecule has 9 heteroatoms. The van der Waals surface area contributed by atoms with Gasteiger partial charge in [-0.2, -0.15) is 0 Å². The number of aromatic nitrogens is 1. The van der Waals surface area contributed by atoms with Gasteiger partial charge in [0, 0.05) is 49.1 Å². The van der Waals surface area contributed by atoms with Crippen LogP contribution < -0.4 is 21.0 Å². The lowest BCUT2D eigenvalue weighted by molar-refractivity contribution is -0.133. The summed E-state index contributed by atoms with van der Waals surface area (Å²) in [5, 5.41) is 24.0. The Labute approximate surface area is 187 Å². The fourth-order valence-corrected chi connectivity index (χ4v) is 3.09. The third kappa shape index (κ3) is 6.52. The molecule has 2 atom stereocenters. The monoisotopic (exact) mass is 439 g/mol. The van der Waals surface area contributed by atoms with Crippen LogP contribution in [0.25, 0.3) is 0 Å². The summed E-state index contributed by atoms with van der Waals surface area (Å²) in [6.45, 7) is 5.10. The lowest BCUT2D eigenvalue weighted by atomic mass is 10.1. The minimum atomic E-state index is -1.27. The van der Waals surface area contributed by atoms with E-state index < -0.39 is 24.0 Å². The van der Waals surface area contributed by atoms with E-state index in [-0.39, 0.29) is 7.43 Å². The number of pyridine rings is 1. The van der Waals surface area contributed by atoms with Crippen molar-refractivity contribution in [3.8, 4) is 11.8 Å². The third-order valence-electron chi connectivity index (χ3n) is 4.85. The van der Waals surface area contributed by atoms with Gasteiger partial charge < -0.3 is 20.6 Å². The molecule has 0 bridgehead atoms. The summed E-state index contributed by atoms with van der Waals surface area (Å²) in [6, 6.07) is 9.14. The molecule has 0 radical (unpaired) electrons. The van der Waals surface area contributed by atoms with E-state index in [1.165, 1.54) is 12.4 Å². The van der Waals surface area contributed by atoms with E-state index in [0.717, 1.165) is 37.6 Å². The molecule has 0 aliphatic carbocycles. The summed E-state index contributed by atoms with van der Waals surface area (Å²) >= 11 is 0. The maximum absolute atomic E-state index is 12.3. The number of piperazine rings is 1. The molecular weight excluding hydrogens is 410 g/mol. The zero-order valence-electron chi connectivity index (χ0n) is 17.1. The van der Waals surface area contributed by atoms with Crippen LogP contribution in [0, 0.1) is 11.8 Å². The van der Waals surface area contributed by atoms with Crippen LogP contribution in [-0.4, -0.2) is 65.4 Å². The standard InChI is InChI=1S/C22H25N5O4.CH4/c1-15(28)20(22(30)26-31)25-21(29)18-7-4-16(5-8-18)2-3-17-6-9-19(24-14-17)27-12-10-23-11-13-27;/h4-9,14-15,20,23,28,31H,10-13H2,1H3,(H,25,29)(H,26,30);1H4/t15-,20+;/m1./s1. The molecule has 2 amide bonds. The number of carbonyl (C=O) groups is 2. The van der Waals surface area contributed by atoms with E-state index in [0.29, 0.717) is 11.1 Å². The quantitative estimate of drug-likeness (QED) is 0.261. The average Bonchev–Trinajstić information content (AvgIpc) is 2.81. The molecule has 0 saturated carbocycles. The predicted molar refractivity (Wildman–Crippen MR) is 121 cm³/mol. The first-order chi connectivity index (χ1) is 15.0. The van der Waals surface area contributed by atoms with Gasteiger partial charge in [-0.05, 0) is 43.3 Å². The largest absolute Gasteiger partial charge is 0.391 e. The zero-order chi connectivity index (χ0) is 22.2. The van der Waals surface area contributed by atoms with Gasteiger partial charge in [-0.15, -0.1) is 0 Å². The number of aliphatic hydroxyl groups is 1. The van der Waals surface area contributed by atoms with Crippen LogP contribution in [0.2, 0.25) is 0 Å². The van der Waals surface area contributed by atoms with Crippen molar-refractivity contribution in [2.45, 2.75) is 26.5 Å². The molecular formula is C23H29N5O4. The summed E-state index contributed by atoms with van der Waals surface area (Å²) in [6.07, 6.45) is 0.571. The minimum absolute atomic E-state index is 0. The maximum atomic E-state index is 12.3. The van der Waals surface area contributed by atoms with Crippen LogP contribution in [-0.2, 0) is 4.79 Å².